The van der Waals surface area contributed by atoms with Gasteiger partial charge in [0.2, 0.25) is 5.91 Å². The Morgan fingerprint density at radius 3 is 2.29 bits per heavy atom. The van der Waals surface area contributed by atoms with E-state index in [1.807, 2.05) is 53.1 Å². The highest BCUT2D eigenvalue weighted by Gasteiger charge is 2.42. The molecule has 0 radical (unpaired) electrons. The van der Waals surface area contributed by atoms with Gasteiger partial charge in [-0.2, -0.15) is 0 Å². The molecule has 2 amide bonds. The van der Waals surface area contributed by atoms with Crippen molar-refractivity contribution in [2.75, 3.05) is 16.4 Å². The van der Waals surface area contributed by atoms with Crippen LogP contribution in [-0.2, 0) is 9.59 Å². The van der Waals surface area contributed by atoms with Gasteiger partial charge in [0.15, 0.2) is 0 Å². The van der Waals surface area contributed by atoms with Gasteiger partial charge in [-0.3, -0.25) is 14.4 Å². The van der Waals surface area contributed by atoms with Crippen LogP contribution in [0.25, 0.3) is 0 Å². The number of fused-ring (bicyclic) bond motifs is 1. The maximum absolute atomic E-state index is 13.9. The van der Waals surface area contributed by atoms with Gasteiger partial charge in [-0.05, 0) is 107 Å². The molecule has 1 saturated carbocycles. The quantitative estimate of drug-likeness (QED) is 0.293. The zero-order valence-corrected chi connectivity index (χ0v) is 24.3. The minimum Gasteiger partial charge on any atom is -0.494 e. The molecule has 0 bridgehead atoms. The summed E-state index contributed by atoms with van der Waals surface area (Å²) in [7, 11) is 0. The molecule has 5 rings (SSSR count). The fourth-order valence-corrected chi connectivity index (χ4v) is 5.41. The van der Waals surface area contributed by atoms with Gasteiger partial charge in [-0.1, -0.05) is 29.8 Å². The van der Waals surface area contributed by atoms with E-state index in [1.54, 1.807) is 50.2 Å². The average molecular weight is 575 g/mol. The SMILES string of the molecule is C[C@H]1C[C@@H](N(C(=O)C2CC2)c2ccc(Cl)cc2)c2ccccc2N1C(=O)c1ccc(OCCC(C)(C)C(=O)O)cc1. The minimum atomic E-state index is -0.877. The predicted octanol–water partition coefficient (Wildman–Crippen LogP) is 7.14. The van der Waals surface area contributed by atoms with E-state index in [1.165, 1.54) is 0 Å². The number of carbonyl (C=O) groups excluding carboxylic acids is 2. The summed E-state index contributed by atoms with van der Waals surface area (Å²) < 4.78 is 5.75. The number of hydrogen-bond acceptors (Lipinski definition) is 4. The van der Waals surface area contributed by atoms with Crippen molar-refractivity contribution in [1.29, 1.82) is 0 Å². The summed E-state index contributed by atoms with van der Waals surface area (Å²) >= 11 is 6.16. The highest BCUT2D eigenvalue weighted by atomic mass is 35.5. The van der Waals surface area contributed by atoms with Gasteiger partial charge >= 0.3 is 5.97 Å². The summed E-state index contributed by atoms with van der Waals surface area (Å²) in [6, 6.07) is 21.8. The molecule has 2 atom stereocenters. The lowest BCUT2D eigenvalue weighted by molar-refractivity contribution is -0.147. The van der Waals surface area contributed by atoms with Crippen LogP contribution >= 0.6 is 11.6 Å². The number of benzene rings is 3. The first-order valence-corrected chi connectivity index (χ1v) is 14.4. The van der Waals surface area contributed by atoms with Gasteiger partial charge in [-0.25, -0.2) is 0 Å². The first-order valence-electron chi connectivity index (χ1n) is 14.0. The van der Waals surface area contributed by atoms with E-state index in [4.69, 9.17) is 16.3 Å². The molecule has 1 aliphatic carbocycles. The lowest BCUT2D eigenvalue weighted by atomic mass is 9.89. The lowest BCUT2D eigenvalue weighted by Crippen LogP contribution is -2.48. The highest BCUT2D eigenvalue weighted by molar-refractivity contribution is 6.30. The predicted molar refractivity (Wildman–Crippen MR) is 160 cm³/mol. The molecule has 1 fully saturated rings. The summed E-state index contributed by atoms with van der Waals surface area (Å²) in [6.07, 6.45) is 2.75. The van der Waals surface area contributed by atoms with Crippen LogP contribution in [0.5, 0.6) is 5.75 Å². The van der Waals surface area contributed by atoms with Crippen LogP contribution in [-0.4, -0.2) is 35.5 Å². The van der Waals surface area contributed by atoms with E-state index in [-0.39, 0.29) is 36.4 Å². The summed E-state index contributed by atoms with van der Waals surface area (Å²) in [5, 5.41) is 9.91. The van der Waals surface area contributed by atoms with Crippen LogP contribution in [0.3, 0.4) is 0 Å². The molecule has 1 heterocycles. The second-order valence-electron chi connectivity index (χ2n) is 11.6. The van der Waals surface area contributed by atoms with E-state index >= 15 is 0 Å². The van der Waals surface area contributed by atoms with E-state index in [9.17, 15) is 19.5 Å². The standard InChI is InChI=1S/C33H35ClN2O5/c1-21-20-29(36(31(38)22-8-9-22)25-14-12-24(34)13-15-25)27-6-4-5-7-28(27)35(21)30(37)23-10-16-26(17-11-23)41-19-18-33(2,3)32(39)40/h4-7,10-17,21-22,29H,8-9,18-20H2,1-3H3,(H,39,40)/t21-,29+/m0/s1. The van der Waals surface area contributed by atoms with Crippen LogP contribution in [0.1, 0.15) is 68.4 Å². The Balaban J connectivity index is 1.39. The van der Waals surface area contributed by atoms with Crippen LogP contribution < -0.4 is 14.5 Å². The lowest BCUT2D eigenvalue weighted by Gasteiger charge is -2.43. The molecule has 1 N–H and O–H groups in total. The van der Waals surface area contributed by atoms with Crippen molar-refractivity contribution in [1.82, 2.24) is 0 Å². The average Bonchev–Trinajstić information content (AvgIpc) is 3.80. The summed E-state index contributed by atoms with van der Waals surface area (Å²) in [5.74, 6) is -0.279. The largest absolute Gasteiger partial charge is 0.494 e. The number of rotatable bonds is 9. The first kappa shape index (κ1) is 28.7. The molecule has 41 heavy (non-hydrogen) atoms. The van der Waals surface area contributed by atoms with Crippen LogP contribution in [0.2, 0.25) is 5.02 Å². The van der Waals surface area contributed by atoms with E-state index in [0.717, 1.165) is 29.8 Å². The summed E-state index contributed by atoms with van der Waals surface area (Å²) in [5.41, 5.74) is 2.18. The summed E-state index contributed by atoms with van der Waals surface area (Å²) in [4.78, 5) is 42.5. The molecule has 0 spiro atoms. The number of carbonyl (C=O) groups is 3. The molecular formula is C33H35ClN2O5. The van der Waals surface area contributed by atoms with Crippen LogP contribution in [0.4, 0.5) is 11.4 Å². The van der Waals surface area contributed by atoms with Gasteiger partial charge < -0.3 is 19.6 Å². The third kappa shape index (κ3) is 6.10. The number of carboxylic acids is 1. The maximum Gasteiger partial charge on any atom is 0.309 e. The Morgan fingerprint density at radius 2 is 1.66 bits per heavy atom. The zero-order chi connectivity index (χ0) is 29.3. The first-order chi connectivity index (χ1) is 19.6. The fourth-order valence-electron chi connectivity index (χ4n) is 5.29. The number of para-hydroxylation sites is 1. The van der Waals surface area contributed by atoms with Crippen LogP contribution in [0, 0.1) is 11.3 Å². The number of anilines is 2. The second-order valence-corrected chi connectivity index (χ2v) is 12.0. The Labute approximate surface area is 245 Å². The van der Waals surface area contributed by atoms with Crippen molar-refractivity contribution in [3.8, 4) is 5.75 Å². The number of aliphatic carboxylic acids is 1. The molecular weight excluding hydrogens is 540 g/mol. The zero-order valence-electron chi connectivity index (χ0n) is 23.5. The topological polar surface area (TPSA) is 87.2 Å². The van der Waals surface area contributed by atoms with Crippen molar-refractivity contribution in [2.45, 2.75) is 58.5 Å². The Morgan fingerprint density at radius 1 is 1.00 bits per heavy atom. The van der Waals surface area contributed by atoms with Gasteiger partial charge in [0.05, 0.1) is 18.1 Å². The van der Waals surface area contributed by atoms with Crippen molar-refractivity contribution in [2.24, 2.45) is 11.3 Å². The molecule has 0 aromatic heterocycles. The molecule has 0 saturated heterocycles. The highest BCUT2D eigenvalue weighted by Crippen LogP contribution is 2.45. The van der Waals surface area contributed by atoms with E-state index < -0.39 is 11.4 Å². The van der Waals surface area contributed by atoms with Gasteiger partial charge in [0.25, 0.3) is 5.91 Å². The van der Waals surface area contributed by atoms with Gasteiger partial charge in [-0.15, -0.1) is 0 Å². The monoisotopic (exact) mass is 574 g/mol. The van der Waals surface area contributed by atoms with E-state index in [2.05, 4.69) is 0 Å². The maximum atomic E-state index is 13.9. The van der Waals surface area contributed by atoms with Crippen molar-refractivity contribution >= 4 is 40.8 Å². The normalized spacial score (nSPS) is 18.4. The number of nitrogens with zero attached hydrogens (tertiary/aromatic N) is 2. The third-order valence-corrected chi connectivity index (χ3v) is 8.29. The number of amides is 2. The molecule has 7 nitrogen and oxygen atoms in total. The molecule has 3 aromatic carbocycles. The summed E-state index contributed by atoms with van der Waals surface area (Å²) in [6.45, 7) is 5.61. The Bertz CT molecular complexity index is 1430. The molecule has 214 valence electrons. The van der Waals surface area contributed by atoms with Crippen molar-refractivity contribution in [3.05, 3.63) is 88.9 Å². The van der Waals surface area contributed by atoms with E-state index in [0.29, 0.717) is 29.2 Å². The molecule has 1 aliphatic heterocycles. The second kappa shape index (κ2) is 11.6. The molecule has 0 unspecified atom stereocenters. The Hall–Kier alpha value is -3.84. The molecule has 2 aliphatic rings. The number of carboxylic acid groups (broad SMARTS) is 1. The third-order valence-electron chi connectivity index (χ3n) is 8.04. The van der Waals surface area contributed by atoms with Crippen molar-refractivity contribution < 1.29 is 24.2 Å². The number of halogens is 1. The minimum absolute atomic E-state index is 0.0312. The van der Waals surface area contributed by atoms with Crippen molar-refractivity contribution in [3.63, 3.8) is 0 Å². The number of hydrogen-bond donors (Lipinski definition) is 1. The smallest absolute Gasteiger partial charge is 0.309 e. The number of ether oxygens (including phenoxy) is 1. The van der Waals surface area contributed by atoms with Gasteiger partial charge in [0.1, 0.15) is 5.75 Å². The Kier molecular flexibility index (Phi) is 8.09. The van der Waals surface area contributed by atoms with Crippen LogP contribution in [0.15, 0.2) is 72.8 Å². The fraction of sp³-hybridized carbons (Fsp3) is 0.364. The molecule has 8 heteroatoms. The van der Waals surface area contributed by atoms with Gasteiger partial charge in [0, 0.05) is 33.9 Å². The molecule has 3 aromatic rings.